The summed E-state index contributed by atoms with van der Waals surface area (Å²) in [6.45, 7) is 7.48. The molecule has 17 heavy (non-hydrogen) atoms. The second-order valence-corrected chi connectivity index (χ2v) is 7.37. The van der Waals surface area contributed by atoms with Gasteiger partial charge in [0.25, 0.3) is 0 Å². The molecule has 0 heterocycles. The van der Waals surface area contributed by atoms with Gasteiger partial charge in [0.2, 0.25) is 0 Å². The number of hydrogen-bond donors (Lipinski definition) is 2. The van der Waals surface area contributed by atoms with Gasteiger partial charge >= 0.3 is 0 Å². The molecule has 2 saturated carbocycles. The summed E-state index contributed by atoms with van der Waals surface area (Å²) in [5.74, 6) is 0.784. The summed E-state index contributed by atoms with van der Waals surface area (Å²) in [4.78, 5) is 0. The average Bonchev–Trinajstić information content (AvgIpc) is 2.82. The first-order chi connectivity index (χ1) is 7.86. The van der Waals surface area contributed by atoms with Gasteiger partial charge < -0.3 is 10.8 Å². The third-order valence-electron chi connectivity index (χ3n) is 5.65. The van der Waals surface area contributed by atoms with Gasteiger partial charge in [0.05, 0.1) is 5.60 Å². The van der Waals surface area contributed by atoms with E-state index in [1.807, 2.05) is 0 Å². The largest absolute Gasteiger partial charge is 0.389 e. The van der Waals surface area contributed by atoms with Crippen LogP contribution in [0.4, 0.5) is 0 Å². The molecule has 2 heteroatoms. The molecule has 0 bridgehead atoms. The minimum Gasteiger partial charge on any atom is -0.389 e. The van der Waals surface area contributed by atoms with E-state index < -0.39 is 5.60 Å². The number of aliphatic hydroxyl groups is 1. The fourth-order valence-electron chi connectivity index (χ4n) is 4.35. The highest BCUT2D eigenvalue weighted by atomic mass is 16.3. The van der Waals surface area contributed by atoms with Crippen molar-refractivity contribution in [1.82, 2.24) is 0 Å². The maximum Gasteiger partial charge on any atom is 0.0721 e. The predicted molar refractivity (Wildman–Crippen MR) is 71.7 cm³/mol. The van der Waals surface area contributed by atoms with Crippen LogP contribution in [0.2, 0.25) is 0 Å². The molecule has 0 spiro atoms. The van der Waals surface area contributed by atoms with Crippen LogP contribution in [-0.2, 0) is 0 Å². The molecule has 0 aromatic carbocycles. The summed E-state index contributed by atoms with van der Waals surface area (Å²) < 4.78 is 0. The van der Waals surface area contributed by atoms with Gasteiger partial charge in [0.1, 0.15) is 0 Å². The summed E-state index contributed by atoms with van der Waals surface area (Å²) in [7, 11) is 0. The van der Waals surface area contributed by atoms with Gasteiger partial charge in [-0.1, -0.05) is 27.2 Å². The van der Waals surface area contributed by atoms with Crippen LogP contribution in [0.25, 0.3) is 0 Å². The maximum atomic E-state index is 11.1. The lowest BCUT2D eigenvalue weighted by Crippen LogP contribution is -2.50. The topological polar surface area (TPSA) is 46.2 Å². The van der Waals surface area contributed by atoms with Crippen LogP contribution < -0.4 is 5.73 Å². The third-order valence-corrected chi connectivity index (χ3v) is 5.65. The standard InChI is InChI=1S/C15H29NO/c1-4-12-5-6-14(9-12,11-16)15(17)8-7-13(2,3)10-15/h12,17H,4-11,16H2,1-3H3. The molecule has 3 atom stereocenters. The molecule has 2 aliphatic carbocycles. The quantitative estimate of drug-likeness (QED) is 0.795. The summed E-state index contributed by atoms with van der Waals surface area (Å²) in [6.07, 6.45) is 7.81. The lowest BCUT2D eigenvalue weighted by molar-refractivity contribution is -0.0809. The minimum absolute atomic E-state index is 0.0153. The van der Waals surface area contributed by atoms with E-state index >= 15 is 0 Å². The fraction of sp³-hybridized carbons (Fsp3) is 1.00. The molecule has 2 rings (SSSR count). The van der Waals surface area contributed by atoms with Crippen molar-refractivity contribution in [2.24, 2.45) is 22.5 Å². The van der Waals surface area contributed by atoms with Gasteiger partial charge in [0.15, 0.2) is 0 Å². The van der Waals surface area contributed by atoms with Crippen molar-refractivity contribution in [3.8, 4) is 0 Å². The Morgan fingerprint density at radius 2 is 1.94 bits per heavy atom. The van der Waals surface area contributed by atoms with Gasteiger partial charge in [0, 0.05) is 12.0 Å². The zero-order valence-corrected chi connectivity index (χ0v) is 11.8. The summed E-state index contributed by atoms with van der Waals surface area (Å²) in [5, 5.41) is 11.1. The van der Waals surface area contributed by atoms with Crippen LogP contribution in [0.15, 0.2) is 0 Å². The van der Waals surface area contributed by atoms with Crippen LogP contribution >= 0.6 is 0 Å². The molecule has 0 radical (unpaired) electrons. The molecule has 2 fully saturated rings. The van der Waals surface area contributed by atoms with Crippen LogP contribution in [-0.4, -0.2) is 17.3 Å². The van der Waals surface area contributed by atoms with Crippen molar-refractivity contribution >= 4 is 0 Å². The molecule has 3 N–H and O–H groups in total. The van der Waals surface area contributed by atoms with Crippen molar-refractivity contribution in [3.63, 3.8) is 0 Å². The van der Waals surface area contributed by atoms with Gasteiger partial charge in [-0.2, -0.15) is 0 Å². The van der Waals surface area contributed by atoms with Gasteiger partial charge in [-0.3, -0.25) is 0 Å². The Bertz CT molecular complexity index is 289. The van der Waals surface area contributed by atoms with Crippen LogP contribution in [0.5, 0.6) is 0 Å². The lowest BCUT2D eigenvalue weighted by Gasteiger charge is -2.43. The zero-order valence-electron chi connectivity index (χ0n) is 11.8. The van der Waals surface area contributed by atoms with Crippen LogP contribution in [0, 0.1) is 16.7 Å². The summed E-state index contributed by atoms with van der Waals surface area (Å²) in [6, 6.07) is 0. The van der Waals surface area contributed by atoms with Crippen molar-refractivity contribution in [2.75, 3.05) is 6.54 Å². The first-order valence-electron chi connectivity index (χ1n) is 7.29. The first kappa shape index (κ1) is 13.4. The molecule has 2 nitrogen and oxygen atoms in total. The van der Waals surface area contributed by atoms with Crippen LogP contribution in [0.3, 0.4) is 0 Å². The van der Waals surface area contributed by atoms with E-state index in [-0.39, 0.29) is 5.41 Å². The molecule has 0 aromatic heterocycles. The second kappa shape index (κ2) is 4.24. The van der Waals surface area contributed by atoms with Gasteiger partial charge in [-0.15, -0.1) is 0 Å². The summed E-state index contributed by atoms with van der Waals surface area (Å²) in [5.41, 5.74) is 5.90. The molecule has 100 valence electrons. The molecular weight excluding hydrogens is 210 g/mol. The van der Waals surface area contributed by atoms with Crippen molar-refractivity contribution in [2.45, 2.75) is 71.3 Å². The third kappa shape index (κ3) is 2.15. The summed E-state index contributed by atoms with van der Waals surface area (Å²) >= 11 is 0. The highest BCUT2D eigenvalue weighted by Gasteiger charge is 2.57. The highest BCUT2D eigenvalue weighted by Crippen LogP contribution is 2.58. The molecule has 3 unspecified atom stereocenters. The Morgan fingerprint density at radius 1 is 1.24 bits per heavy atom. The Hall–Kier alpha value is -0.0800. The van der Waals surface area contributed by atoms with Crippen molar-refractivity contribution in [1.29, 1.82) is 0 Å². The van der Waals surface area contributed by atoms with E-state index in [0.717, 1.165) is 38.0 Å². The van der Waals surface area contributed by atoms with E-state index in [1.54, 1.807) is 0 Å². The van der Waals surface area contributed by atoms with E-state index in [0.29, 0.717) is 12.0 Å². The second-order valence-electron chi connectivity index (χ2n) is 7.37. The first-order valence-corrected chi connectivity index (χ1v) is 7.29. The number of rotatable bonds is 3. The number of nitrogens with two attached hydrogens (primary N) is 1. The van der Waals surface area contributed by atoms with E-state index in [4.69, 9.17) is 5.73 Å². The molecular formula is C15H29NO. The number of hydrogen-bond acceptors (Lipinski definition) is 2. The lowest BCUT2D eigenvalue weighted by atomic mass is 9.67. The molecule has 0 amide bonds. The zero-order chi connectivity index (χ0) is 12.7. The molecule has 2 aliphatic rings. The monoisotopic (exact) mass is 239 g/mol. The Morgan fingerprint density at radius 3 is 2.35 bits per heavy atom. The van der Waals surface area contributed by atoms with Gasteiger partial charge in [-0.05, 0) is 49.9 Å². The highest BCUT2D eigenvalue weighted by molar-refractivity contribution is 5.09. The molecule has 0 aromatic rings. The maximum absolute atomic E-state index is 11.1. The normalized spacial score (nSPS) is 45.4. The Kier molecular flexibility index (Phi) is 3.33. The molecule has 0 aliphatic heterocycles. The average molecular weight is 239 g/mol. The fourth-order valence-corrected chi connectivity index (χ4v) is 4.35. The smallest absolute Gasteiger partial charge is 0.0721 e. The van der Waals surface area contributed by atoms with Crippen molar-refractivity contribution < 1.29 is 5.11 Å². The van der Waals surface area contributed by atoms with E-state index in [9.17, 15) is 5.11 Å². The van der Waals surface area contributed by atoms with E-state index in [2.05, 4.69) is 20.8 Å². The Labute approximate surface area is 106 Å². The van der Waals surface area contributed by atoms with Crippen molar-refractivity contribution in [3.05, 3.63) is 0 Å². The molecule has 0 saturated heterocycles. The van der Waals surface area contributed by atoms with E-state index in [1.165, 1.54) is 12.8 Å². The SMILES string of the molecule is CCC1CCC(CN)(C2(O)CCC(C)(C)C2)C1. The predicted octanol–water partition coefficient (Wildman–Crippen LogP) is 3.08. The minimum atomic E-state index is -0.491. The Balaban J connectivity index is 2.19. The van der Waals surface area contributed by atoms with Gasteiger partial charge in [-0.25, -0.2) is 0 Å². The van der Waals surface area contributed by atoms with Crippen LogP contribution in [0.1, 0.15) is 65.7 Å².